The van der Waals surface area contributed by atoms with Gasteiger partial charge in [-0.05, 0) is 50.9 Å². The molecule has 4 aromatic rings. The molecule has 1 atom stereocenters. The highest BCUT2D eigenvalue weighted by Crippen LogP contribution is 2.52. The molecular weight excluding hydrogens is 577 g/mol. The molecule has 0 unspecified atom stereocenters. The number of fused-ring (bicyclic) bond motifs is 6. The Morgan fingerprint density at radius 3 is 1.41 bits per heavy atom. The van der Waals surface area contributed by atoms with Gasteiger partial charge in [0.15, 0.2) is 0 Å². The Morgan fingerprint density at radius 2 is 1.05 bits per heavy atom. The third-order valence-corrected chi connectivity index (χ3v) is 10.0. The van der Waals surface area contributed by atoms with E-state index in [1.54, 1.807) is 0 Å². The SMILES string of the molecule is COC(=O)CC[C@H](NP(=O)(OCC1c2ccccc2-c2ccccc21)OCC1c2ccccc2-c2ccccc21)C(=O)OC. The number of ether oxygens (including phenoxy) is 2. The minimum atomic E-state index is -4.17. The number of carbonyl (C=O) groups excluding carboxylic acids is 2. The van der Waals surface area contributed by atoms with E-state index in [2.05, 4.69) is 29.4 Å². The number of rotatable bonds is 12. The van der Waals surface area contributed by atoms with E-state index < -0.39 is 25.7 Å². The van der Waals surface area contributed by atoms with E-state index >= 15 is 0 Å². The van der Waals surface area contributed by atoms with Gasteiger partial charge >= 0.3 is 19.7 Å². The number of carbonyl (C=O) groups is 2. The molecule has 8 nitrogen and oxygen atoms in total. The number of nitrogens with one attached hydrogen (secondary N) is 1. The molecule has 9 heteroatoms. The fourth-order valence-electron chi connectivity index (χ4n) is 6.27. The van der Waals surface area contributed by atoms with Crippen LogP contribution < -0.4 is 5.09 Å². The summed E-state index contributed by atoms with van der Waals surface area (Å²) in [5, 5.41) is 2.83. The van der Waals surface area contributed by atoms with E-state index in [-0.39, 0.29) is 37.9 Å². The van der Waals surface area contributed by atoms with Gasteiger partial charge in [0.25, 0.3) is 0 Å². The van der Waals surface area contributed by atoms with Gasteiger partial charge in [-0.2, -0.15) is 0 Å². The lowest BCUT2D eigenvalue weighted by atomic mass is 9.98. The molecular formula is C35H34NO7P. The van der Waals surface area contributed by atoms with Gasteiger partial charge in [-0.25, -0.2) is 9.65 Å². The number of esters is 2. The fourth-order valence-corrected chi connectivity index (χ4v) is 7.80. The standard InChI is InChI=1S/C35H34NO7P/c1-40-34(37)20-19-33(35(38)41-2)36-44(39,42-21-31-27-15-7-3-11-23(27)24-12-4-8-16-28(24)31)43-22-32-29-17-9-5-13-25(29)26-14-6-10-18-30(26)32/h3-18,31-33H,19-22H2,1-2H3,(H,36,39)/t33-/m0/s1. The Bertz CT molecular complexity index is 1540. The lowest BCUT2D eigenvalue weighted by molar-refractivity contribution is -0.144. The first-order chi connectivity index (χ1) is 21.4. The summed E-state index contributed by atoms with van der Waals surface area (Å²) in [7, 11) is -1.66. The van der Waals surface area contributed by atoms with Crippen molar-refractivity contribution in [2.75, 3.05) is 27.4 Å². The molecule has 2 aliphatic rings. The van der Waals surface area contributed by atoms with Crippen LogP contribution in [0, 0.1) is 0 Å². The molecule has 0 aromatic heterocycles. The fraction of sp³-hybridized carbons (Fsp3) is 0.257. The molecule has 0 saturated heterocycles. The molecule has 0 radical (unpaired) electrons. The van der Waals surface area contributed by atoms with Crippen LogP contribution in [0.1, 0.15) is 46.9 Å². The summed E-state index contributed by atoms with van der Waals surface area (Å²) in [4.78, 5) is 24.7. The van der Waals surface area contributed by atoms with Crippen molar-refractivity contribution in [3.63, 3.8) is 0 Å². The van der Waals surface area contributed by atoms with Crippen LogP contribution in [0.15, 0.2) is 97.1 Å². The van der Waals surface area contributed by atoms with Gasteiger partial charge in [-0.15, -0.1) is 0 Å². The van der Waals surface area contributed by atoms with Crippen molar-refractivity contribution in [2.45, 2.75) is 30.7 Å². The Kier molecular flexibility index (Phi) is 8.78. The molecule has 0 heterocycles. The molecule has 0 fully saturated rings. The van der Waals surface area contributed by atoms with Crippen molar-refractivity contribution >= 4 is 19.7 Å². The van der Waals surface area contributed by atoms with E-state index in [1.165, 1.54) is 14.2 Å². The zero-order chi connectivity index (χ0) is 30.7. The van der Waals surface area contributed by atoms with E-state index in [0.717, 1.165) is 44.5 Å². The number of hydrogen-bond donors (Lipinski definition) is 1. The zero-order valence-electron chi connectivity index (χ0n) is 24.6. The molecule has 44 heavy (non-hydrogen) atoms. The quantitative estimate of drug-likeness (QED) is 0.137. The van der Waals surface area contributed by atoms with Gasteiger partial charge in [-0.3, -0.25) is 18.6 Å². The molecule has 0 bridgehead atoms. The van der Waals surface area contributed by atoms with E-state index in [4.69, 9.17) is 18.5 Å². The van der Waals surface area contributed by atoms with Crippen molar-refractivity contribution in [2.24, 2.45) is 0 Å². The predicted molar refractivity (Wildman–Crippen MR) is 167 cm³/mol. The minimum Gasteiger partial charge on any atom is -0.469 e. The molecule has 0 aliphatic heterocycles. The summed E-state index contributed by atoms with van der Waals surface area (Å²) >= 11 is 0. The van der Waals surface area contributed by atoms with Crippen LogP contribution in [0.5, 0.6) is 0 Å². The largest absolute Gasteiger partial charge is 0.469 e. The van der Waals surface area contributed by atoms with Crippen LogP contribution >= 0.6 is 7.75 Å². The zero-order valence-corrected chi connectivity index (χ0v) is 25.5. The second kappa shape index (κ2) is 12.9. The highest BCUT2D eigenvalue weighted by Gasteiger charge is 2.38. The van der Waals surface area contributed by atoms with Crippen molar-refractivity contribution < 1.29 is 32.7 Å². The van der Waals surface area contributed by atoms with Gasteiger partial charge in [0.2, 0.25) is 0 Å². The summed E-state index contributed by atoms with van der Waals surface area (Å²) < 4.78 is 36.8. The van der Waals surface area contributed by atoms with Crippen LogP contribution in [-0.2, 0) is 32.7 Å². The van der Waals surface area contributed by atoms with Gasteiger partial charge in [0.05, 0.1) is 27.4 Å². The Hall–Kier alpha value is -4.07. The average molecular weight is 612 g/mol. The molecule has 6 rings (SSSR count). The van der Waals surface area contributed by atoms with Crippen molar-refractivity contribution in [3.05, 3.63) is 119 Å². The molecule has 0 saturated carbocycles. The topological polar surface area (TPSA) is 100 Å². The van der Waals surface area contributed by atoms with Gasteiger partial charge < -0.3 is 9.47 Å². The molecule has 1 N–H and O–H groups in total. The Morgan fingerprint density at radius 1 is 0.659 bits per heavy atom. The van der Waals surface area contributed by atoms with E-state index in [0.29, 0.717) is 0 Å². The monoisotopic (exact) mass is 611 g/mol. The predicted octanol–water partition coefficient (Wildman–Crippen LogP) is 6.84. The maximum absolute atomic E-state index is 14.6. The molecule has 2 aliphatic carbocycles. The third kappa shape index (κ3) is 5.86. The highest BCUT2D eigenvalue weighted by atomic mass is 31.2. The van der Waals surface area contributed by atoms with Crippen molar-refractivity contribution in [1.82, 2.24) is 5.09 Å². The van der Waals surface area contributed by atoms with Gasteiger partial charge in [0.1, 0.15) is 6.04 Å². The molecule has 0 amide bonds. The summed E-state index contributed by atoms with van der Waals surface area (Å²) in [6.07, 6.45) is -0.101. The molecule has 4 aromatic carbocycles. The molecule has 226 valence electrons. The third-order valence-electron chi connectivity index (χ3n) is 8.41. The second-order valence-corrected chi connectivity index (χ2v) is 12.6. The van der Waals surface area contributed by atoms with E-state index in [1.807, 2.05) is 72.8 Å². The first-order valence-corrected chi connectivity index (χ1v) is 16.1. The normalized spacial score (nSPS) is 14.3. The lowest BCUT2D eigenvalue weighted by Gasteiger charge is -2.27. The number of methoxy groups -OCH3 is 2. The number of benzene rings is 4. The first-order valence-electron chi connectivity index (χ1n) is 14.6. The average Bonchev–Trinajstić information content (AvgIpc) is 3.57. The number of hydrogen-bond acceptors (Lipinski definition) is 7. The van der Waals surface area contributed by atoms with Crippen LogP contribution in [-0.4, -0.2) is 45.4 Å². The molecule has 0 spiro atoms. The van der Waals surface area contributed by atoms with Crippen molar-refractivity contribution in [3.8, 4) is 22.3 Å². The van der Waals surface area contributed by atoms with Crippen LogP contribution in [0.25, 0.3) is 22.3 Å². The van der Waals surface area contributed by atoms with Crippen LogP contribution in [0.3, 0.4) is 0 Å². The second-order valence-electron chi connectivity index (χ2n) is 10.9. The van der Waals surface area contributed by atoms with Crippen LogP contribution in [0.4, 0.5) is 0 Å². The first kappa shape index (κ1) is 30.0. The summed E-state index contributed by atoms with van der Waals surface area (Å²) in [6, 6.07) is 31.2. The van der Waals surface area contributed by atoms with E-state index in [9.17, 15) is 14.2 Å². The summed E-state index contributed by atoms with van der Waals surface area (Å²) in [5.41, 5.74) is 8.66. The Labute approximate surface area is 256 Å². The van der Waals surface area contributed by atoms with Gasteiger partial charge in [-0.1, -0.05) is 97.1 Å². The van der Waals surface area contributed by atoms with Gasteiger partial charge in [0, 0.05) is 18.3 Å². The van der Waals surface area contributed by atoms with Crippen LogP contribution in [0.2, 0.25) is 0 Å². The smallest absolute Gasteiger partial charge is 0.406 e. The minimum absolute atomic E-state index is 0.0136. The highest BCUT2D eigenvalue weighted by molar-refractivity contribution is 7.51. The summed E-state index contributed by atoms with van der Waals surface area (Å²) in [5.74, 6) is -1.58. The summed E-state index contributed by atoms with van der Waals surface area (Å²) in [6.45, 7) is 0.0854. The lowest BCUT2D eigenvalue weighted by Crippen LogP contribution is -2.37. The Balaban J connectivity index is 1.29. The maximum Gasteiger partial charge on any atom is 0.406 e. The van der Waals surface area contributed by atoms with Crippen molar-refractivity contribution in [1.29, 1.82) is 0 Å². The maximum atomic E-state index is 14.6.